The van der Waals surface area contributed by atoms with Gasteiger partial charge in [-0.2, -0.15) is 0 Å². The quantitative estimate of drug-likeness (QED) is 0.621. The predicted octanol–water partition coefficient (Wildman–Crippen LogP) is 1.17. The van der Waals surface area contributed by atoms with E-state index in [-0.39, 0.29) is 5.91 Å². The molecule has 0 heterocycles. The van der Waals surface area contributed by atoms with E-state index in [4.69, 9.17) is 0 Å². The van der Waals surface area contributed by atoms with Crippen LogP contribution in [0.3, 0.4) is 0 Å². The lowest BCUT2D eigenvalue weighted by atomic mass is 9.95. The first-order valence-corrected chi connectivity index (χ1v) is 5.03. The lowest BCUT2D eigenvalue weighted by molar-refractivity contribution is -0.120. The Morgan fingerprint density at radius 3 is 2.25 bits per heavy atom. The average Bonchev–Trinajstić information content (AvgIpc) is 2.77. The van der Waals surface area contributed by atoms with Gasteiger partial charge in [-0.25, -0.2) is 0 Å². The molecule has 66 valence electrons. The van der Waals surface area contributed by atoms with Crippen molar-refractivity contribution in [1.29, 1.82) is 0 Å². The molecule has 2 heteroatoms. The number of fused-ring (bicyclic) bond motifs is 2. The maximum atomic E-state index is 10.9. The fourth-order valence-electron chi connectivity index (χ4n) is 3.12. The third kappa shape index (κ3) is 0.900. The molecule has 0 aromatic heterocycles. The highest BCUT2D eigenvalue weighted by molar-refractivity contribution is 5.73. The first-order valence-electron chi connectivity index (χ1n) is 5.03. The van der Waals surface area contributed by atoms with E-state index in [1.807, 2.05) is 0 Å². The van der Waals surface area contributed by atoms with E-state index in [1.165, 1.54) is 19.3 Å². The molecule has 0 aromatic carbocycles. The van der Waals surface area contributed by atoms with E-state index in [9.17, 15) is 4.79 Å². The van der Waals surface area contributed by atoms with Crippen LogP contribution in [-0.4, -0.2) is 11.9 Å². The number of carbonyl (C=O) groups excluding carboxylic acids is 1. The van der Waals surface area contributed by atoms with Crippen LogP contribution < -0.4 is 5.32 Å². The molecule has 2 nitrogen and oxygen atoms in total. The first kappa shape index (κ1) is 6.93. The largest absolute Gasteiger partial charge is 0.353 e. The molecule has 0 aromatic rings. The van der Waals surface area contributed by atoms with Crippen molar-refractivity contribution in [1.82, 2.24) is 5.32 Å². The fourth-order valence-corrected chi connectivity index (χ4v) is 3.12. The van der Waals surface area contributed by atoms with E-state index in [0.29, 0.717) is 6.04 Å². The molecule has 0 unspecified atom stereocenters. The van der Waals surface area contributed by atoms with Crippen molar-refractivity contribution in [3.63, 3.8) is 0 Å². The summed E-state index contributed by atoms with van der Waals surface area (Å²) in [5.41, 5.74) is 0. The number of hydrogen-bond donors (Lipinski definition) is 1. The molecule has 0 bridgehead atoms. The highest BCUT2D eigenvalue weighted by Gasteiger charge is 2.59. The van der Waals surface area contributed by atoms with Crippen LogP contribution in [0.15, 0.2) is 0 Å². The van der Waals surface area contributed by atoms with Gasteiger partial charge in [0.05, 0.1) is 0 Å². The lowest BCUT2D eigenvalue weighted by Crippen LogP contribution is -2.39. The molecule has 0 spiro atoms. The van der Waals surface area contributed by atoms with Crippen LogP contribution >= 0.6 is 0 Å². The minimum absolute atomic E-state index is 0.165. The van der Waals surface area contributed by atoms with Gasteiger partial charge in [0.2, 0.25) is 5.91 Å². The summed E-state index contributed by atoms with van der Waals surface area (Å²) in [6.45, 7) is 1.64. The molecule has 3 saturated carbocycles. The zero-order valence-electron chi connectivity index (χ0n) is 7.42. The number of hydrogen-bond acceptors (Lipinski definition) is 1. The maximum Gasteiger partial charge on any atom is 0.217 e. The fraction of sp³-hybridized carbons (Fsp3) is 0.900. The molecule has 0 radical (unpaired) electrons. The SMILES string of the molecule is CC(=O)NC1[C@@H]2C[C@@H]2C[C@H]2C[C@@H]12. The van der Waals surface area contributed by atoms with Gasteiger partial charge in [-0.05, 0) is 42.9 Å². The van der Waals surface area contributed by atoms with E-state index in [1.54, 1.807) is 6.92 Å². The van der Waals surface area contributed by atoms with Gasteiger partial charge in [0.25, 0.3) is 0 Å². The topological polar surface area (TPSA) is 29.1 Å². The van der Waals surface area contributed by atoms with Crippen LogP contribution in [0.25, 0.3) is 0 Å². The summed E-state index contributed by atoms with van der Waals surface area (Å²) < 4.78 is 0. The summed E-state index contributed by atoms with van der Waals surface area (Å²) in [4.78, 5) is 10.9. The number of rotatable bonds is 1. The average molecular weight is 165 g/mol. The number of nitrogens with one attached hydrogen (secondary N) is 1. The molecular formula is C10H15NO. The number of carbonyl (C=O) groups is 1. The van der Waals surface area contributed by atoms with Gasteiger partial charge in [-0.3, -0.25) is 4.79 Å². The Morgan fingerprint density at radius 2 is 1.75 bits per heavy atom. The van der Waals surface area contributed by atoms with Gasteiger partial charge < -0.3 is 5.32 Å². The lowest BCUT2D eigenvalue weighted by Gasteiger charge is -2.21. The Bertz CT molecular complexity index is 222. The van der Waals surface area contributed by atoms with Gasteiger partial charge in [0.15, 0.2) is 0 Å². The maximum absolute atomic E-state index is 10.9. The molecule has 0 aliphatic heterocycles. The Labute approximate surface area is 72.7 Å². The molecule has 1 N–H and O–H groups in total. The standard InChI is InChI=1S/C10H15NO/c1-5(12)11-10-8-3-6(8)2-7-4-9(7)10/h6-10H,2-4H2,1H3,(H,11,12)/t6-,7-,8+,9+/m0/s1. The van der Waals surface area contributed by atoms with Crippen LogP contribution in [0.4, 0.5) is 0 Å². The second-order valence-corrected chi connectivity index (χ2v) is 4.78. The Hall–Kier alpha value is -0.530. The summed E-state index contributed by atoms with van der Waals surface area (Å²) in [5.74, 6) is 3.84. The minimum Gasteiger partial charge on any atom is -0.353 e. The second-order valence-electron chi connectivity index (χ2n) is 4.78. The zero-order valence-corrected chi connectivity index (χ0v) is 7.42. The van der Waals surface area contributed by atoms with E-state index in [0.717, 1.165) is 23.7 Å². The van der Waals surface area contributed by atoms with Crippen molar-refractivity contribution in [2.75, 3.05) is 0 Å². The van der Waals surface area contributed by atoms with Crippen LogP contribution in [0, 0.1) is 23.7 Å². The Kier molecular flexibility index (Phi) is 1.18. The first-order chi connectivity index (χ1) is 5.75. The summed E-state index contributed by atoms with van der Waals surface area (Å²) in [5, 5.41) is 3.13. The van der Waals surface area contributed by atoms with Gasteiger partial charge in [0.1, 0.15) is 0 Å². The molecule has 4 atom stereocenters. The third-order valence-corrected chi connectivity index (χ3v) is 3.85. The monoisotopic (exact) mass is 165 g/mol. The van der Waals surface area contributed by atoms with Gasteiger partial charge >= 0.3 is 0 Å². The van der Waals surface area contributed by atoms with Crippen molar-refractivity contribution in [2.45, 2.75) is 32.2 Å². The van der Waals surface area contributed by atoms with Crippen molar-refractivity contribution in [3.8, 4) is 0 Å². The molecule has 3 rings (SSSR count). The van der Waals surface area contributed by atoms with Crippen LogP contribution in [0.2, 0.25) is 0 Å². The van der Waals surface area contributed by atoms with Crippen molar-refractivity contribution in [2.24, 2.45) is 23.7 Å². The highest BCUT2D eigenvalue weighted by Crippen LogP contribution is 2.62. The highest BCUT2D eigenvalue weighted by atomic mass is 16.1. The second kappa shape index (κ2) is 2.04. The van der Waals surface area contributed by atoms with Gasteiger partial charge in [0, 0.05) is 13.0 Å². The molecule has 0 saturated heterocycles. The minimum atomic E-state index is 0.165. The molecule has 1 amide bonds. The van der Waals surface area contributed by atoms with Crippen molar-refractivity contribution < 1.29 is 4.79 Å². The molecule has 3 fully saturated rings. The van der Waals surface area contributed by atoms with E-state index in [2.05, 4.69) is 5.32 Å². The van der Waals surface area contributed by atoms with Gasteiger partial charge in [-0.1, -0.05) is 0 Å². The summed E-state index contributed by atoms with van der Waals surface area (Å²) in [6.07, 6.45) is 4.24. The van der Waals surface area contributed by atoms with Gasteiger partial charge in [-0.15, -0.1) is 0 Å². The smallest absolute Gasteiger partial charge is 0.217 e. The van der Waals surface area contributed by atoms with Crippen LogP contribution in [0.5, 0.6) is 0 Å². The number of amides is 1. The Morgan fingerprint density at radius 1 is 1.17 bits per heavy atom. The molecular weight excluding hydrogens is 150 g/mol. The Balaban J connectivity index is 1.72. The molecule has 3 aliphatic carbocycles. The summed E-state index contributed by atoms with van der Waals surface area (Å²) >= 11 is 0. The third-order valence-electron chi connectivity index (χ3n) is 3.85. The zero-order chi connectivity index (χ0) is 8.29. The van der Waals surface area contributed by atoms with E-state index < -0.39 is 0 Å². The summed E-state index contributed by atoms with van der Waals surface area (Å²) in [7, 11) is 0. The molecule has 12 heavy (non-hydrogen) atoms. The molecule has 3 aliphatic rings. The normalized spacial score (nSPS) is 53.6. The van der Waals surface area contributed by atoms with Crippen LogP contribution in [-0.2, 0) is 4.79 Å². The predicted molar refractivity (Wildman–Crippen MR) is 45.4 cm³/mol. The van der Waals surface area contributed by atoms with Crippen molar-refractivity contribution >= 4 is 5.91 Å². The van der Waals surface area contributed by atoms with E-state index >= 15 is 0 Å². The van der Waals surface area contributed by atoms with Crippen molar-refractivity contribution in [3.05, 3.63) is 0 Å². The summed E-state index contributed by atoms with van der Waals surface area (Å²) in [6, 6.07) is 0.561. The van der Waals surface area contributed by atoms with Crippen LogP contribution in [0.1, 0.15) is 26.2 Å².